The van der Waals surface area contributed by atoms with Gasteiger partial charge in [0.15, 0.2) is 0 Å². The Labute approximate surface area is 151 Å². The SMILES string of the molecule is Oc1ccc2c(c1)OC[C@H](N1CCC(O)(c3ccc(F)cc3)CC1)[C@H]2O. The minimum atomic E-state index is -0.978. The molecule has 6 heteroatoms. The van der Waals surface area contributed by atoms with Gasteiger partial charge in [-0.3, -0.25) is 4.90 Å². The number of halogens is 1. The van der Waals surface area contributed by atoms with E-state index in [0.29, 0.717) is 43.9 Å². The third-order valence-electron chi connectivity index (χ3n) is 5.57. The molecule has 138 valence electrons. The van der Waals surface area contributed by atoms with Gasteiger partial charge in [-0.15, -0.1) is 0 Å². The molecule has 0 spiro atoms. The summed E-state index contributed by atoms with van der Waals surface area (Å²) in [5.41, 5.74) is 0.409. The van der Waals surface area contributed by atoms with E-state index in [1.54, 1.807) is 18.2 Å². The van der Waals surface area contributed by atoms with Crippen LogP contribution in [0.5, 0.6) is 11.5 Å². The largest absolute Gasteiger partial charge is 0.508 e. The van der Waals surface area contributed by atoms with Crippen LogP contribution in [-0.2, 0) is 5.60 Å². The zero-order chi connectivity index (χ0) is 18.3. The van der Waals surface area contributed by atoms with Gasteiger partial charge in [0.05, 0.1) is 11.6 Å². The summed E-state index contributed by atoms with van der Waals surface area (Å²) in [6.45, 7) is 1.53. The van der Waals surface area contributed by atoms with Crippen molar-refractivity contribution in [1.82, 2.24) is 4.90 Å². The van der Waals surface area contributed by atoms with Gasteiger partial charge in [0.2, 0.25) is 0 Å². The number of piperidine rings is 1. The molecule has 0 aromatic heterocycles. The Morgan fingerprint density at radius 3 is 2.46 bits per heavy atom. The second-order valence-corrected chi connectivity index (χ2v) is 7.12. The van der Waals surface area contributed by atoms with Crippen molar-refractivity contribution < 1.29 is 24.4 Å². The van der Waals surface area contributed by atoms with Gasteiger partial charge in [-0.2, -0.15) is 0 Å². The molecule has 2 aromatic carbocycles. The third-order valence-corrected chi connectivity index (χ3v) is 5.57. The summed E-state index contributed by atoms with van der Waals surface area (Å²) in [6.07, 6.45) is 0.297. The van der Waals surface area contributed by atoms with Gasteiger partial charge in [-0.05, 0) is 42.7 Å². The molecule has 0 aliphatic carbocycles. The Bertz CT molecular complexity index is 787. The van der Waals surface area contributed by atoms with Crippen molar-refractivity contribution in [1.29, 1.82) is 0 Å². The van der Waals surface area contributed by atoms with E-state index in [1.165, 1.54) is 24.3 Å². The fourth-order valence-corrected chi connectivity index (χ4v) is 3.95. The van der Waals surface area contributed by atoms with Crippen LogP contribution in [0, 0.1) is 5.82 Å². The molecule has 26 heavy (non-hydrogen) atoms. The number of fused-ring (bicyclic) bond motifs is 1. The summed E-state index contributed by atoms with van der Waals surface area (Å²) in [5, 5.41) is 31.2. The molecule has 2 atom stereocenters. The highest BCUT2D eigenvalue weighted by molar-refractivity contribution is 5.43. The normalized spacial score (nSPS) is 25.3. The molecule has 0 radical (unpaired) electrons. The molecule has 1 saturated heterocycles. The van der Waals surface area contributed by atoms with Crippen LogP contribution in [0.1, 0.15) is 30.1 Å². The number of phenols is 1. The number of ether oxygens (including phenoxy) is 1. The Kier molecular flexibility index (Phi) is 4.34. The third kappa shape index (κ3) is 3.05. The second-order valence-electron chi connectivity index (χ2n) is 7.12. The molecule has 4 rings (SSSR count). The molecular formula is C20H22FNO4. The summed E-state index contributed by atoms with van der Waals surface area (Å²) in [7, 11) is 0. The fraction of sp³-hybridized carbons (Fsp3) is 0.400. The molecule has 0 bridgehead atoms. The van der Waals surface area contributed by atoms with Gasteiger partial charge in [-0.25, -0.2) is 4.39 Å². The zero-order valence-electron chi connectivity index (χ0n) is 14.3. The van der Waals surface area contributed by atoms with Crippen LogP contribution in [0.25, 0.3) is 0 Å². The number of aliphatic hydroxyl groups is 2. The summed E-state index contributed by atoms with van der Waals surface area (Å²) in [5.74, 6) is 0.298. The average Bonchev–Trinajstić information content (AvgIpc) is 2.63. The molecule has 2 aliphatic rings. The van der Waals surface area contributed by atoms with E-state index in [2.05, 4.69) is 4.90 Å². The zero-order valence-corrected chi connectivity index (χ0v) is 14.3. The number of benzene rings is 2. The predicted molar refractivity (Wildman–Crippen MR) is 93.5 cm³/mol. The van der Waals surface area contributed by atoms with Crippen LogP contribution in [0.4, 0.5) is 4.39 Å². The van der Waals surface area contributed by atoms with E-state index in [9.17, 15) is 19.7 Å². The number of phenolic OH excluding ortho intramolecular Hbond substituents is 1. The van der Waals surface area contributed by atoms with Gasteiger partial charge in [0.1, 0.15) is 30.0 Å². The minimum absolute atomic E-state index is 0.108. The molecule has 2 aliphatic heterocycles. The molecular weight excluding hydrogens is 337 g/mol. The maximum absolute atomic E-state index is 13.1. The Morgan fingerprint density at radius 2 is 1.77 bits per heavy atom. The molecule has 2 heterocycles. The highest BCUT2D eigenvalue weighted by Gasteiger charge is 2.40. The van der Waals surface area contributed by atoms with Gasteiger partial charge < -0.3 is 20.1 Å². The number of aromatic hydroxyl groups is 1. The standard InChI is InChI=1S/C20H22FNO4/c21-14-3-1-13(2-4-14)20(25)7-9-22(10-8-20)17-12-26-18-11-15(23)5-6-16(18)19(17)24/h1-6,11,17,19,23-25H,7-10,12H2/t17-,19-/m0/s1. The number of hydrogen-bond acceptors (Lipinski definition) is 5. The summed E-state index contributed by atoms with van der Waals surface area (Å²) in [6, 6.07) is 10.5. The number of nitrogens with zero attached hydrogens (tertiary/aromatic N) is 1. The van der Waals surface area contributed by atoms with E-state index in [1.807, 2.05) is 0 Å². The average molecular weight is 359 g/mol. The monoisotopic (exact) mass is 359 g/mol. The predicted octanol–water partition coefficient (Wildman–Crippen LogP) is 2.31. The van der Waals surface area contributed by atoms with Gasteiger partial charge in [0, 0.05) is 24.7 Å². The quantitative estimate of drug-likeness (QED) is 0.767. The van der Waals surface area contributed by atoms with Crippen LogP contribution in [0.3, 0.4) is 0 Å². The fourth-order valence-electron chi connectivity index (χ4n) is 3.95. The molecule has 3 N–H and O–H groups in total. The highest BCUT2D eigenvalue weighted by Crippen LogP contribution is 2.39. The maximum atomic E-state index is 13.1. The van der Waals surface area contributed by atoms with E-state index < -0.39 is 11.7 Å². The maximum Gasteiger partial charge on any atom is 0.128 e. The van der Waals surface area contributed by atoms with Crippen molar-refractivity contribution in [3.8, 4) is 11.5 Å². The first-order valence-electron chi connectivity index (χ1n) is 8.82. The van der Waals surface area contributed by atoms with Crippen LogP contribution < -0.4 is 4.74 Å². The number of rotatable bonds is 2. The van der Waals surface area contributed by atoms with Gasteiger partial charge in [-0.1, -0.05) is 12.1 Å². The second kappa shape index (κ2) is 6.54. The Morgan fingerprint density at radius 1 is 1.08 bits per heavy atom. The Hall–Kier alpha value is -2.15. The number of likely N-dealkylation sites (tertiary alicyclic amines) is 1. The van der Waals surface area contributed by atoms with Crippen molar-refractivity contribution in [2.45, 2.75) is 30.6 Å². The van der Waals surface area contributed by atoms with Crippen molar-refractivity contribution in [3.63, 3.8) is 0 Å². The molecule has 0 saturated carbocycles. The van der Waals surface area contributed by atoms with E-state index in [-0.39, 0.29) is 17.6 Å². The molecule has 0 amide bonds. The molecule has 5 nitrogen and oxygen atoms in total. The lowest BCUT2D eigenvalue weighted by molar-refractivity contribution is -0.0665. The lowest BCUT2D eigenvalue weighted by Crippen LogP contribution is -2.52. The van der Waals surface area contributed by atoms with Crippen molar-refractivity contribution in [2.75, 3.05) is 19.7 Å². The van der Waals surface area contributed by atoms with Crippen molar-refractivity contribution >= 4 is 0 Å². The lowest BCUT2D eigenvalue weighted by atomic mass is 9.83. The summed E-state index contributed by atoms with van der Waals surface area (Å²) in [4.78, 5) is 2.12. The number of aliphatic hydroxyl groups excluding tert-OH is 1. The molecule has 1 fully saturated rings. The van der Waals surface area contributed by atoms with Crippen LogP contribution in [-0.4, -0.2) is 46.0 Å². The first kappa shape index (κ1) is 17.3. The topological polar surface area (TPSA) is 73.2 Å². The van der Waals surface area contributed by atoms with E-state index in [0.717, 1.165) is 5.56 Å². The summed E-state index contributed by atoms with van der Waals surface area (Å²) >= 11 is 0. The van der Waals surface area contributed by atoms with E-state index in [4.69, 9.17) is 4.74 Å². The van der Waals surface area contributed by atoms with Crippen LogP contribution >= 0.6 is 0 Å². The van der Waals surface area contributed by atoms with Gasteiger partial charge in [0.25, 0.3) is 0 Å². The molecule has 2 aromatic rings. The minimum Gasteiger partial charge on any atom is -0.508 e. The first-order valence-corrected chi connectivity index (χ1v) is 8.82. The van der Waals surface area contributed by atoms with E-state index >= 15 is 0 Å². The first-order chi connectivity index (χ1) is 12.5. The van der Waals surface area contributed by atoms with Crippen LogP contribution in [0.15, 0.2) is 42.5 Å². The van der Waals surface area contributed by atoms with Crippen molar-refractivity contribution in [2.24, 2.45) is 0 Å². The smallest absolute Gasteiger partial charge is 0.128 e. The number of hydrogen-bond donors (Lipinski definition) is 3. The molecule has 0 unspecified atom stereocenters. The Balaban J connectivity index is 1.46. The van der Waals surface area contributed by atoms with Gasteiger partial charge >= 0.3 is 0 Å². The van der Waals surface area contributed by atoms with Crippen LogP contribution in [0.2, 0.25) is 0 Å². The highest BCUT2D eigenvalue weighted by atomic mass is 19.1. The van der Waals surface area contributed by atoms with Crippen molar-refractivity contribution in [3.05, 3.63) is 59.4 Å². The lowest BCUT2D eigenvalue weighted by Gasteiger charge is -2.44. The summed E-state index contributed by atoms with van der Waals surface area (Å²) < 4.78 is 18.9.